The van der Waals surface area contributed by atoms with E-state index in [9.17, 15) is 4.39 Å². The van der Waals surface area contributed by atoms with E-state index in [0.717, 1.165) is 17.7 Å². The fourth-order valence-electron chi connectivity index (χ4n) is 1.96. The highest BCUT2D eigenvalue weighted by molar-refractivity contribution is 7.80. The summed E-state index contributed by atoms with van der Waals surface area (Å²) in [4.78, 5) is 4.37. The number of anilines is 1. The lowest BCUT2D eigenvalue weighted by Gasteiger charge is -2.15. The van der Waals surface area contributed by atoms with Crippen molar-refractivity contribution in [2.24, 2.45) is 5.73 Å². The van der Waals surface area contributed by atoms with Crippen LogP contribution in [-0.4, -0.2) is 16.0 Å². The average molecular weight is 289 g/mol. The molecule has 104 valence electrons. The van der Waals surface area contributed by atoms with Crippen molar-refractivity contribution < 1.29 is 4.39 Å². The summed E-state index contributed by atoms with van der Waals surface area (Å²) in [5.41, 5.74) is 8.15. The summed E-state index contributed by atoms with van der Waals surface area (Å²) in [6.45, 7) is 2.06. The van der Waals surface area contributed by atoms with Crippen LogP contribution in [0.4, 0.5) is 10.1 Å². The molecule has 1 aromatic heterocycles. The molecule has 0 saturated heterocycles. The first-order valence-electron chi connectivity index (χ1n) is 6.31. The Balaban J connectivity index is 2.00. The Morgan fingerprint density at radius 3 is 2.70 bits per heavy atom. The third-order valence-electron chi connectivity index (χ3n) is 2.88. The van der Waals surface area contributed by atoms with Gasteiger partial charge < -0.3 is 11.1 Å². The van der Waals surface area contributed by atoms with Crippen molar-refractivity contribution in [3.05, 3.63) is 59.7 Å². The molecule has 0 spiro atoms. The highest BCUT2D eigenvalue weighted by Crippen LogP contribution is 2.12. The smallest absolute Gasteiger partial charge is 0.123 e. The molecular formula is C15H16FN3S. The Labute approximate surface area is 123 Å². The van der Waals surface area contributed by atoms with Crippen LogP contribution < -0.4 is 11.1 Å². The molecule has 1 atom stereocenters. The number of nitrogens with one attached hydrogen (secondary N) is 1. The van der Waals surface area contributed by atoms with Crippen molar-refractivity contribution >= 4 is 22.9 Å². The van der Waals surface area contributed by atoms with E-state index in [1.165, 1.54) is 12.1 Å². The van der Waals surface area contributed by atoms with Gasteiger partial charge in [0, 0.05) is 17.9 Å². The zero-order valence-electron chi connectivity index (χ0n) is 11.1. The second-order valence-corrected chi connectivity index (χ2v) is 5.11. The summed E-state index contributed by atoms with van der Waals surface area (Å²) in [7, 11) is 0. The topological polar surface area (TPSA) is 50.9 Å². The van der Waals surface area contributed by atoms with Gasteiger partial charge in [0.15, 0.2) is 0 Å². The molecule has 20 heavy (non-hydrogen) atoms. The van der Waals surface area contributed by atoms with Gasteiger partial charge in [0.2, 0.25) is 0 Å². The molecule has 3 nitrogen and oxygen atoms in total. The van der Waals surface area contributed by atoms with Crippen molar-refractivity contribution in [3.63, 3.8) is 0 Å². The number of halogens is 1. The molecule has 0 amide bonds. The largest absolute Gasteiger partial charge is 0.388 e. The minimum atomic E-state index is -0.218. The summed E-state index contributed by atoms with van der Waals surface area (Å²) in [5, 5.41) is 3.35. The first-order valence-corrected chi connectivity index (χ1v) is 6.72. The Morgan fingerprint density at radius 1 is 1.35 bits per heavy atom. The van der Waals surface area contributed by atoms with E-state index in [-0.39, 0.29) is 16.8 Å². The molecular weight excluding hydrogens is 273 g/mol. The first-order chi connectivity index (χ1) is 9.54. The molecule has 0 aliphatic heterocycles. The van der Waals surface area contributed by atoms with Gasteiger partial charge >= 0.3 is 0 Å². The minimum Gasteiger partial charge on any atom is -0.388 e. The zero-order chi connectivity index (χ0) is 14.5. The van der Waals surface area contributed by atoms with Gasteiger partial charge in [-0.05, 0) is 43.2 Å². The Morgan fingerprint density at radius 2 is 2.05 bits per heavy atom. The van der Waals surface area contributed by atoms with Crippen LogP contribution in [0, 0.1) is 5.82 Å². The van der Waals surface area contributed by atoms with Crippen molar-refractivity contribution in [1.82, 2.24) is 4.98 Å². The van der Waals surface area contributed by atoms with Crippen LogP contribution >= 0.6 is 12.2 Å². The number of nitrogens with two attached hydrogens (primary N) is 1. The molecule has 1 heterocycles. The van der Waals surface area contributed by atoms with E-state index in [1.54, 1.807) is 18.3 Å². The van der Waals surface area contributed by atoms with Gasteiger partial charge in [-0.2, -0.15) is 0 Å². The SMILES string of the molecule is CC(Cc1ccc(F)cc1)Nc1ccnc(C(N)=S)c1. The van der Waals surface area contributed by atoms with Crippen molar-refractivity contribution in [1.29, 1.82) is 0 Å². The zero-order valence-corrected chi connectivity index (χ0v) is 12.0. The number of pyridine rings is 1. The van der Waals surface area contributed by atoms with E-state index in [4.69, 9.17) is 18.0 Å². The molecule has 0 fully saturated rings. The van der Waals surface area contributed by atoms with Gasteiger partial charge in [0.1, 0.15) is 10.8 Å². The van der Waals surface area contributed by atoms with Gasteiger partial charge in [-0.15, -0.1) is 0 Å². The number of thiocarbonyl (C=S) groups is 1. The summed E-state index contributed by atoms with van der Waals surface area (Å²) < 4.78 is 12.8. The Kier molecular flexibility index (Phi) is 4.63. The number of hydrogen-bond donors (Lipinski definition) is 2. The lowest BCUT2D eigenvalue weighted by molar-refractivity contribution is 0.626. The Hall–Kier alpha value is -2.01. The molecule has 0 radical (unpaired) electrons. The van der Waals surface area contributed by atoms with Gasteiger partial charge in [0.05, 0.1) is 5.69 Å². The lowest BCUT2D eigenvalue weighted by atomic mass is 10.1. The number of benzene rings is 1. The van der Waals surface area contributed by atoms with E-state index >= 15 is 0 Å². The predicted molar refractivity (Wildman–Crippen MR) is 83.3 cm³/mol. The van der Waals surface area contributed by atoms with Crippen molar-refractivity contribution in [3.8, 4) is 0 Å². The van der Waals surface area contributed by atoms with Gasteiger partial charge in [-0.3, -0.25) is 4.98 Å². The van der Waals surface area contributed by atoms with Crippen LogP contribution in [0.3, 0.4) is 0 Å². The quantitative estimate of drug-likeness (QED) is 0.831. The summed E-state index contributed by atoms with van der Waals surface area (Å²) in [6.07, 6.45) is 2.46. The molecule has 1 aromatic carbocycles. The monoisotopic (exact) mass is 289 g/mol. The van der Waals surface area contributed by atoms with Crippen LogP contribution in [0.25, 0.3) is 0 Å². The van der Waals surface area contributed by atoms with Crippen LogP contribution in [-0.2, 0) is 6.42 Å². The molecule has 0 aliphatic rings. The van der Waals surface area contributed by atoms with Gasteiger partial charge in [-0.25, -0.2) is 4.39 Å². The number of rotatable bonds is 5. The highest BCUT2D eigenvalue weighted by atomic mass is 32.1. The second kappa shape index (κ2) is 6.43. The third-order valence-corrected chi connectivity index (χ3v) is 3.09. The van der Waals surface area contributed by atoms with Crippen LogP contribution in [0.2, 0.25) is 0 Å². The van der Waals surface area contributed by atoms with Gasteiger partial charge in [-0.1, -0.05) is 24.4 Å². The highest BCUT2D eigenvalue weighted by Gasteiger charge is 2.06. The second-order valence-electron chi connectivity index (χ2n) is 4.67. The van der Waals surface area contributed by atoms with E-state index in [0.29, 0.717) is 5.69 Å². The fraction of sp³-hybridized carbons (Fsp3) is 0.200. The van der Waals surface area contributed by atoms with Crippen LogP contribution in [0.1, 0.15) is 18.2 Å². The maximum absolute atomic E-state index is 12.8. The maximum atomic E-state index is 12.8. The maximum Gasteiger partial charge on any atom is 0.123 e. The normalized spacial score (nSPS) is 11.9. The lowest BCUT2D eigenvalue weighted by Crippen LogP contribution is -2.19. The van der Waals surface area contributed by atoms with Crippen LogP contribution in [0.5, 0.6) is 0 Å². The molecule has 2 rings (SSSR count). The first kappa shape index (κ1) is 14.4. The number of aromatic nitrogens is 1. The van der Waals surface area contributed by atoms with Crippen LogP contribution in [0.15, 0.2) is 42.6 Å². The molecule has 3 N–H and O–H groups in total. The summed E-state index contributed by atoms with van der Waals surface area (Å²) in [5.74, 6) is -0.218. The van der Waals surface area contributed by atoms with Gasteiger partial charge in [0.25, 0.3) is 0 Å². The fourth-order valence-corrected chi connectivity index (χ4v) is 2.08. The molecule has 2 aromatic rings. The van der Waals surface area contributed by atoms with Crippen molar-refractivity contribution in [2.45, 2.75) is 19.4 Å². The average Bonchev–Trinajstić information content (AvgIpc) is 2.41. The number of hydrogen-bond acceptors (Lipinski definition) is 3. The summed E-state index contributed by atoms with van der Waals surface area (Å²) in [6, 6.07) is 10.4. The van der Waals surface area contributed by atoms with E-state index < -0.39 is 0 Å². The number of nitrogens with zero attached hydrogens (tertiary/aromatic N) is 1. The predicted octanol–water partition coefficient (Wildman–Crippen LogP) is 2.90. The van der Waals surface area contributed by atoms with Crippen molar-refractivity contribution in [2.75, 3.05) is 5.32 Å². The Bertz CT molecular complexity index is 598. The molecule has 0 bridgehead atoms. The van der Waals surface area contributed by atoms with E-state index in [1.807, 2.05) is 12.1 Å². The third kappa shape index (κ3) is 3.99. The molecule has 0 aliphatic carbocycles. The minimum absolute atomic E-state index is 0.196. The molecule has 1 unspecified atom stereocenters. The standard InChI is InChI=1S/C15H16FN3S/c1-10(8-11-2-4-12(16)5-3-11)19-13-6-7-18-14(9-13)15(17)20/h2-7,9-10H,8H2,1H3,(H2,17,20)(H,18,19). The summed E-state index contributed by atoms with van der Waals surface area (Å²) >= 11 is 4.90. The van der Waals surface area contributed by atoms with E-state index in [2.05, 4.69) is 17.2 Å². The molecule has 0 saturated carbocycles. The molecule has 5 heteroatoms.